The summed E-state index contributed by atoms with van der Waals surface area (Å²) in [6, 6.07) is 33.1. The molecule has 12 nitrogen and oxygen atoms in total. The summed E-state index contributed by atoms with van der Waals surface area (Å²) in [6.07, 6.45) is 7.73. The van der Waals surface area contributed by atoms with Crippen LogP contribution in [0.3, 0.4) is 0 Å². The maximum absolute atomic E-state index is 14.4. The number of hydrogen-bond donors (Lipinski definition) is 3. The lowest BCUT2D eigenvalue weighted by molar-refractivity contribution is -0.139. The SMILES string of the molecule is COc1ccc2c(c1)[C@@](O)([C@H](C)/C=C/CCn1cc(C(CO)c3ccccc3)nn1)C(=O)N2Cc1ccc(N2CN(c3ccccc3)C3(CCNCC3)C2=O)cc1. The van der Waals surface area contributed by atoms with E-state index < -0.39 is 23.0 Å². The van der Waals surface area contributed by atoms with Gasteiger partial charge in [-0.15, -0.1) is 5.10 Å². The molecule has 8 rings (SSSR count). The summed E-state index contributed by atoms with van der Waals surface area (Å²) in [5.74, 6) is -0.586. The lowest BCUT2D eigenvalue weighted by Crippen LogP contribution is -2.55. The van der Waals surface area contributed by atoms with Crippen molar-refractivity contribution in [1.29, 1.82) is 0 Å². The number of aromatic nitrogens is 3. The Hall–Kier alpha value is -5.82. The van der Waals surface area contributed by atoms with Gasteiger partial charge in [0.1, 0.15) is 11.3 Å². The molecule has 12 heteroatoms. The van der Waals surface area contributed by atoms with E-state index in [2.05, 4.69) is 32.7 Å². The molecular formula is C45H49N7O5. The number of rotatable bonds is 13. The number of carbonyl (C=O) groups excluding carboxylic acids is 2. The van der Waals surface area contributed by atoms with Crippen LogP contribution in [0.25, 0.3) is 0 Å². The van der Waals surface area contributed by atoms with Gasteiger partial charge in [0.25, 0.3) is 11.8 Å². The summed E-state index contributed by atoms with van der Waals surface area (Å²) in [5, 5.41) is 34.4. The zero-order chi connectivity index (χ0) is 39.6. The van der Waals surface area contributed by atoms with E-state index in [0.29, 0.717) is 42.3 Å². The van der Waals surface area contributed by atoms with Crippen molar-refractivity contribution >= 4 is 28.9 Å². The van der Waals surface area contributed by atoms with Gasteiger partial charge < -0.3 is 30.1 Å². The molecule has 57 heavy (non-hydrogen) atoms. The van der Waals surface area contributed by atoms with Crippen LogP contribution in [0.15, 0.2) is 121 Å². The lowest BCUT2D eigenvalue weighted by Gasteiger charge is -2.39. The molecule has 5 aromatic rings. The van der Waals surface area contributed by atoms with Crippen molar-refractivity contribution in [1.82, 2.24) is 20.3 Å². The van der Waals surface area contributed by atoms with Crippen LogP contribution in [0, 0.1) is 5.92 Å². The van der Waals surface area contributed by atoms with E-state index in [1.165, 1.54) is 0 Å². The Kier molecular flexibility index (Phi) is 10.7. The fourth-order valence-electron chi connectivity index (χ4n) is 8.63. The molecule has 3 N–H and O–H groups in total. The first-order chi connectivity index (χ1) is 27.8. The molecular weight excluding hydrogens is 719 g/mol. The number of aliphatic hydroxyl groups excluding tert-OH is 1. The maximum Gasteiger partial charge on any atom is 0.264 e. The van der Waals surface area contributed by atoms with E-state index in [0.717, 1.165) is 48.4 Å². The molecule has 0 saturated carbocycles. The summed E-state index contributed by atoms with van der Waals surface area (Å²) >= 11 is 0. The first-order valence-electron chi connectivity index (χ1n) is 19.7. The van der Waals surface area contributed by atoms with Gasteiger partial charge in [0.05, 0.1) is 44.2 Å². The van der Waals surface area contributed by atoms with Crippen LogP contribution in [0.2, 0.25) is 0 Å². The van der Waals surface area contributed by atoms with Crippen LogP contribution in [-0.4, -0.2) is 76.0 Å². The van der Waals surface area contributed by atoms with Crippen molar-refractivity contribution in [3.05, 3.63) is 144 Å². The topological polar surface area (TPSA) is 136 Å². The van der Waals surface area contributed by atoms with Crippen molar-refractivity contribution in [2.75, 3.05) is 48.2 Å². The smallest absolute Gasteiger partial charge is 0.264 e. The number of nitrogens with zero attached hydrogens (tertiary/aromatic N) is 6. The second kappa shape index (κ2) is 16.0. The van der Waals surface area contributed by atoms with Crippen molar-refractivity contribution in [2.45, 2.75) is 56.3 Å². The van der Waals surface area contributed by atoms with Gasteiger partial charge in [0, 0.05) is 35.6 Å². The van der Waals surface area contributed by atoms with Gasteiger partial charge in [-0.1, -0.05) is 85.0 Å². The summed E-state index contributed by atoms with van der Waals surface area (Å²) in [6.45, 7) is 4.57. The van der Waals surface area contributed by atoms with Crippen LogP contribution in [0.5, 0.6) is 5.75 Å². The number of piperidine rings is 1. The number of fused-ring (bicyclic) bond motifs is 1. The van der Waals surface area contributed by atoms with Crippen molar-refractivity contribution < 1.29 is 24.5 Å². The molecule has 0 aliphatic carbocycles. The summed E-state index contributed by atoms with van der Waals surface area (Å²) < 4.78 is 7.26. The number of anilines is 3. The van der Waals surface area contributed by atoms with Gasteiger partial charge in [-0.2, -0.15) is 0 Å². The van der Waals surface area contributed by atoms with Gasteiger partial charge in [-0.25, -0.2) is 0 Å². The Balaban J connectivity index is 0.969. The van der Waals surface area contributed by atoms with Gasteiger partial charge in [0.2, 0.25) is 0 Å². The van der Waals surface area contributed by atoms with Crippen LogP contribution in [0.4, 0.5) is 17.1 Å². The molecule has 4 aromatic carbocycles. The first kappa shape index (κ1) is 38.1. The summed E-state index contributed by atoms with van der Waals surface area (Å²) in [4.78, 5) is 34.3. The number of methoxy groups -OCH3 is 1. The minimum atomic E-state index is -1.82. The minimum Gasteiger partial charge on any atom is -0.497 e. The van der Waals surface area contributed by atoms with Gasteiger partial charge in [0.15, 0.2) is 5.60 Å². The minimum absolute atomic E-state index is 0.0756. The second-order valence-electron chi connectivity index (χ2n) is 15.2. The molecule has 3 aliphatic rings. The van der Waals surface area contributed by atoms with Crippen LogP contribution < -0.4 is 24.8 Å². The largest absolute Gasteiger partial charge is 0.497 e. The number of aryl methyl sites for hydroxylation is 1. The highest BCUT2D eigenvalue weighted by Gasteiger charge is 2.54. The fraction of sp³-hybridized carbons (Fsp3) is 0.333. The van der Waals surface area contributed by atoms with Crippen molar-refractivity contribution in [3.8, 4) is 5.75 Å². The fourth-order valence-corrected chi connectivity index (χ4v) is 8.63. The zero-order valence-corrected chi connectivity index (χ0v) is 32.4. The highest BCUT2D eigenvalue weighted by atomic mass is 16.5. The predicted molar refractivity (Wildman–Crippen MR) is 219 cm³/mol. The number of allylic oxidation sites excluding steroid dienone is 1. The van der Waals surface area contributed by atoms with Crippen LogP contribution in [0.1, 0.15) is 54.5 Å². The number of carbonyl (C=O) groups is 2. The molecule has 1 aromatic heterocycles. The first-order valence-corrected chi connectivity index (χ1v) is 19.7. The van der Waals surface area contributed by atoms with Crippen LogP contribution >= 0.6 is 0 Å². The van der Waals surface area contributed by atoms with E-state index in [1.54, 1.807) is 28.8 Å². The highest BCUT2D eigenvalue weighted by molar-refractivity contribution is 6.08. The number of hydrogen-bond acceptors (Lipinski definition) is 9. The summed E-state index contributed by atoms with van der Waals surface area (Å²) in [7, 11) is 1.57. The molecule has 1 unspecified atom stereocenters. The molecule has 1 spiro atoms. The van der Waals surface area contributed by atoms with Gasteiger partial charge in [-0.05, 0) is 85.9 Å². The van der Waals surface area contributed by atoms with E-state index >= 15 is 0 Å². The number of para-hydroxylation sites is 1. The molecule has 4 heterocycles. The van der Waals surface area contributed by atoms with E-state index in [1.807, 2.05) is 109 Å². The number of nitrogens with one attached hydrogen (secondary N) is 1. The molecule has 2 amide bonds. The Morgan fingerprint density at radius 1 is 0.912 bits per heavy atom. The molecule has 0 radical (unpaired) electrons. The Bertz CT molecular complexity index is 2220. The maximum atomic E-state index is 14.4. The second-order valence-corrected chi connectivity index (χ2v) is 15.2. The van der Waals surface area contributed by atoms with Crippen molar-refractivity contribution in [2.24, 2.45) is 5.92 Å². The Morgan fingerprint density at radius 2 is 1.63 bits per heavy atom. The number of aliphatic hydroxyl groups is 2. The third-order valence-electron chi connectivity index (χ3n) is 11.9. The van der Waals surface area contributed by atoms with Gasteiger partial charge in [-0.3, -0.25) is 19.2 Å². The average molecular weight is 768 g/mol. The van der Waals surface area contributed by atoms with E-state index in [4.69, 9.17) is 4.74 Å². The van der Waals surface area contributed by atoms with E-state index in [-0.39, 0.29) is 25.0 Å². The molecule has 2 saturated heterocycles. The quantitative estimate of drug-likeness (QED) is 0.135. The zero-order valence-electron chi connectivity index (χ0n) is 32.4. The molecule has 2 fully saturated rings. The highest BCUT2D eigenvalue weighted by Crippen LogP contribution is 2.47. The Labute approximate surface area is 333 Å². The molecule has 3 aliphatic heterocycles. The molecule has 294 valence electrons. The third-order valence-corrected chi connectivity index (χ3v) is 11.9. The average Bonchev–Trinajstić information content (AvgIpc) is 3.89. The standard InChI is InChI=1S/C45H49N7O5/c1-32(11-9-10-26-49-29-40(47-48-49)38(30-53)34-12-5-3-6-13-34)45(56)39-27-37(57-2)20-21-41(39)50(43(45)55)28-33-16-18-35(19-17-33)51-31-52(36-14-7-4-8-15-36)44(42(51)54)22-24-46-25-23-44/h3-9,11-21,27,29,32,38,46,53,56H,10,22-26,28,30-31H2,1-2H3/b11-9+/t32-,38?,45+/m1/s1. The Morgan fingerprint density at radius 3 is 2.33 bits per heavy atom. The number of benzene rings is 4. The monoisotopic (exact) mass is 767 g/mol. The third kappa shape index (κ3) is 6.98. The lowest BCUT2D eigenvalue weighted by atomic mass is 9.83. The van der Waals surface area contributed by atoms with E-state index in [9.17, 15) is 19.8 Å². The normalized spacial score (nSPS) is 20.1. The van der Waals surface area contributed by atoms with Gasteiger partial charge >= 0.3 is 0 Å². The van der Waals surface area contributed by atoms with Crippen molar-refractivity contribution in [3.63, 3.8) is 0 Å². The molecule has 3 atom stereocenters. The number of amides is 2. The summed E-state index contributed by atoms with van der Waals surface area (Å²) in [5.41, 5.74) is 3.07. The number of ether oxygens (including phenoxy) is 1. The predicted octanol–water partition coefficient (Wildman–Crippen LogP) is 5.36. The molecule has 0 bridgehead atoms. The van der Waals surface area contributed by atoms with Crippen LogP contribution in [-0.2, 0) is 28.3 Å².